The Morgan fingerprint density at radius 3 is 2.46 bits per heavy atom. The Kier molecular flexibility index (Phi) is 6.58. The molecule has 0 aliphatic carbocycles. The number of hydrogen-bond donors (Lipinski definition) is 0. The molecular weight excluding hydrogens is 407 g/mol. The van der Waals surface area contributed by atoms with E-state index < -0.39 is 11.6 Å². The summed E-state index contributed by atoms with van der Waals surface area (Å²) in [7, 11) is 3.76. The fraction of sp³-hybridized carbons (Fsp3) is 0.263. The number of amides is 1. The molecule has 3 rings (SSSR count). The van der Waals surface area contributed by atoms with Gasteiger partial charge in [-0.15, -0.1) is 11.8 Å². The average Bonchev–Trinajstić information content (AvgIpc) is 3.05. The van der Waals surface area contributed by atoms with E-state index in [2.05, 4.69) is 4.98 Å². The lowest BCUT2D eigenvalue weighted by molar-refractivity contribution is -0.116. The first kappa shape index (κ1) is 20.6. The van der Waals surface area contributed by atoms with Crippen LogP contribution in [0.4, 0.5) is 18.3 Å². The second-order valence-electron chi connectivity index (χ2n) is 6.32. The lowest BCUT2D eigenvalue weighted by Gasteiger charge is -2.21. The van der Waals surface area contributed by atoms with Crippen molar-refractivity contribution in [2.75, 3.05) is 37.8 Å². The zero-order valence-electron chi connectivity index (χ0n) is 15.3. The summed E-state index contributed by atoms with van der Waals surface area (Å²) in [5.74, 6) is -1.87. The van der Waals surface area contributed by atoms with Gasteiger partial charge >= 0.3 is 0 Å². The van der Waals surface area contributed by atoms with E-state index in [1.54, 1.807) is 12.1 Å². The normalized spacial score (nSPS) is 11.4. The number of fused-ring (bicyclic) bond motifs is 1. The summed E-state index contributed by atoms with van der Waals surface area (Å²) in [5, 5.41) is 0.325. The number of nitrogens with zero attached hydrogens (tertiary/aromatic N) is 3. The predicted molar refractivity (Wildman–Crippen MR) is 108 cm³/mol. The number of aromatic nitrogens is 1. The Hall–Kier alpha value is -2.10. The van der Waals surface area contributed by atoms with E-state index in [4.69, 9.17) is 0 Å². The summed E-state index contributed by atoms with van der Waals surface area (Å²) in [6, 6.07) is 7.87. The molecule has 148 valence electrons. The summed E-state index contributed by atoms with van der Waals surface area (Å²) >= 11 is 2.35. The number of hydrogen-bond acceptors (Lipinski definition) is 5. The van der Waals surface area contributed by atoms with Gasteiger partial charge in [0, 0.05) is 24.1 Å². The molecule has 0 N–H and O–H groups in total. The van der Waals surface area contributed by atoms with Gasteiger partial charge in [-0.2, -0.15) is 0 Å². The van der Waals surface area contributed by atoms with Crippen LogP contribution in [0.5, 0.6) is 0 Å². The number of thioether (sulfide) groups is 1. The Labute approximate surface area is 169 Å². The van der Waals surface area contributed by atoms with E-state index in [1.807, 2.05) is 19.0 Å². The number of carbonyl (C=O) groups is 1. The van der Waals surface area contributed by atoms with Gasteiger partial charge in [0.1, 0.15) is 17.2 Å². The molecule has 0 aliphatic heterocycles. The minimum atomic E-state index is -0.752. The Balaban J connectivity index is 1.82. The van der Waals surface area contributed by atoms with Gasteiger partial charge in [0.25, 0.3) is 0 Å². The number of rotatable bonds is 7. The molecule has 0 bridgehead atoms. The molecule has 9 heteroatoms. The summed E-state index contributed by atoms with van der Waals surface area (Å²) in [5.41, 5.74) is 0.0511. The van der Waals surface area contributed by atoms with E-state index in [-0.39, 0.29) is 23.0 Å². The standard InChI is InChI=1S/C19H18F3N3OS2/c1-24(2)7-8-25(17(26)11-27-14-5-3-12(20)4-6-14)19-23-18-15(22)9-13(21)10-16(18)28-19/h3-6,9-10H,7-8,11H2,1-2H3. The van der Waals surface area contributed by atoms with Gasteiger partial charge in [-0.3, -0.25) is 9.69 Å². The second-order valence-corrected chi connectivity index (χ2v) is 8.38. The van der Waals surface area contributed by atoms with Crippen LogP contribution in [0.3, 0.4) is 0 Å². The lowest BCUT2D eigenvalue weighted by Crippen LogP contribution is -2.37. The zero-order valence-corrected chi connectivity index (χ0v) is 16.9. The van der Waals surface area contributed by atoms with Crippen LogP contribution < -0.4 is 4.90 Å². The number of benzene rings is 2. The van der Waals surface area contributed by atoms with Crippen LogP contribution in [0.1, 0.15) is 0 Å². The molecule has 0 unspecified atom stereocenters. The number of thiazole rings is 1. The molecule has 1 heterocycles. The monoisotopic (exact) mass is 425 g/mol. The van der Waals surface area contributed by atoms with E-state index in [0.29, 0.717) is 22.9 Å². The highest BCUT2D eigenvalue weighted by molar-refractivity contribution is 8.00. The number of likely N-dealkylation sites (N-methyl/N-ethyl adjacent to an activating group) is 1. The minimum absolute atomic E-state index is 0.0511. The van der Waals surface area contributed by atoms with Crippen molar-refractivity contribution in [1.29, 1.82) is 0 Å². The van der Waals surface area contributed by atoms with Gasteiger partial charge in [0.2, 0.25) is 5.91 Å². The van der Waals surface area contributed by atoms with E-state index in [0.717, 1.165) is 22.3 Å². The maximum atomic E-state index is 14.0. The maximum absolute atomic E-state index is 14.0. The predicted octanol–water partition coefficient (Wildman–Crippen LogP) is 4.40. The van der Waals surface area contributed by atoms with Crippen molar-refractivity contribution in [3.8, 4) is 0 Å². The third kappa shape index (κ3) is 5.03. The largest absolute Gasteiger partial charge is 0.308 e. The van der Waals surface area contributed by atoms with Crippen LogP contribution in [-0.2, 0) is 4.79 Å². The van der Waals surface area contributed by atoms with Gasteiger partial charge in [-0.1, -0.05) is 11.3 Å². The van der Waals surface area contributed by atoms with Crippen molar-refractivity contribution >= 4 is 44.4 Å². The average molecular weight is 426 g/mol. The lowest BCUT2D eigenvalue weighted by atomic mass is 10.3. The third-order valence-electron chi connectivity index (χ3n) is 3.88. The SMILES string of the molecule is CN(C)CCN(C(=O)CSc1ccc(F)cc1)c1nc2c(F)cc(F)cc2s1. The van der Waals surface area contributed by atoms with Crippen molar-refractivity contribution in [2.24, 2.45) is 0 Å². The van der Waals surface area contributed by atoms with Crippen LogP contribution >= 0.6 is 23.1 Å². The number of halogens is 3. The third-order valence-corrected chi connectivity index (χ3v) is 5.90. The first-order valence-electron chi connectivity index (χ1n) is 8.42. The quantitative estimate of drug-likeness (QED) is 0.526. The fourth-order valence-corrected chi connectivity index (χ4v) is 4.26. The van der Waals surface area contributed by atoms with E-state index in [1.165, 1.54) is 34.9 Å². The molecule has 28 heavy (non-hydrogen) atoms. The summed E-state index contributed by atoms with van der Waals surface area (Å²) < 4.78 is 40.8. The highest BCUT2D eigenvalue weighted by Crippen LogP contribution is 2.32. The van der Waals surface area contributed by atoms with Crippen molar-refractivity contribution in [1.82, 2.24) is 9.88 Å². The summed E-state index contributed by atoms with van der Waals surface area (Å²) in [6.07, 6.45) is 0. The van der Waals surface area contributed by atoms with Crippen molar-refractivity contribution in [3.05, 3.63) is 53.8 Å². The smallest absolute Gasteiger partial charge is 0.239 e. The molecule has 0 radical (unpaired) electrons. The van der Waals surface area contributed by atoms with Gasteiger partial charge in [0.15, 0.2) is 10.9 Å². The molecule has 0 saturated carbocycles. The zero-order chi connectivity index (χ0) is 20.3. The first-order valence-corrected chi connectivity index (χ1v) is 10.2. The fourth-order valence-electron chi connectivity index (χ4n) is 2.44. The molecule has 2 aromatic carbocycles. The van der Waals surface area contributed by atoms with Gasteiger partial charge in [0.05, 0.1) is 10.5 Å². The van der Waals surface area contributed by atoms with Crippen LogP contribution in [-0.4, -0.2) is 48.7 Å². The van der Waals surface area contributed by atoms with Crippen molar-refractivity contribution < 1.29 is 18.0 Å². The van der Waals surface area contributed by atoms with Gasteiger partial charge in [-0.25, -0.2) is 18.2 Å². The maximum Gasteiger partial charge on any atom is 0.239 e. The van der Waals surface area contributed by atoms with Crippen LogP contribution in [0.2, 0.25) is 0 Å². The molecule has 1 amide bonds. The highest BCUT2D eigenvalue weighted by Gasteiger charge is 2.21. The van der Waals surface area contributed by atoms with Crippen LogP contribution in [0, 0.1) is 17.5 Å². The van der Waals surface area contributed by atoms with E-state index in [9.17, 15) is 18.0 Å². The molecule has 4 nitrogen and oxygen atoms in total. The minimum Gasteiger partial charge on any atom is -0.308 e. The first-order chi connectivity index (χ1) is 13.3. The number of carbonyl (C=O) groups excluding carboxylic acids is 1. The Morgan fingerprint density at radius 1 is 1.07 bits per heavy atom. The molecular formula is C19H18F3N3OS2. The van der Waals surface area contributed by atoms with Crippen LogP contribution in [0.25, 0.3) is 10.2 Å². The molecule has 0 atom stereocenters. The molecule has 0 fully saturated rings. The second kappa shape index (κ2) is 8.93. The molecule has 0 spiro atoms. The van der Waals surface area contributed by atoms with E-state index >= 15 is 0 Å². The van der Waals surface area contributed by atoms with Gasteiger partial charge in [-0.05, 0) is 44.4 Å². The molecule has 0 aliphatic rings. The van der Waals surface area contributed by atoms with Crippen LogP contribution in [0.15, 0.2) is 41.3 Å². The number of anilines is 1. The molecule has 0 saturated heterocycles. The topological polar surface area (TPSA) is 36.4 Å². The molecule has 1 aromatic heterocycles. The Bertz CT molecular complexity index is 976. The summed E-state index contributed by atoms with van der Waals surface area (Å²) in [6.45, 7) is 0.944. The summed E-state index contributed by atoms with van der Waals surface area (Å²) in [4.78, 5) is 21.2. The molecule has 3 aromatic rings. The van der Waals surface area contributed by atoms with Crippen molar-refractivity contribution in [2.45, 2.75) is 4.90 Å². The Morgan fingerprint density at radius 2 is 1.79 bits per heavy atom. The van der Waals surface area contributed by atoms with Gasteiger partial charge < -0.3 is 4.90 Å². The van der Waals surface area contributed by atoms with Crippen molar-refractivity contribution in [3.63, 3.8) is 0 Å². The highest BCUT2D eigenvalue weighted by atomic mass is 32.2.